The molecule has 0 atom stereocenters. The van der Waals surface area contributed by atoms with Gasteiger partial charge in [-0.1, -0.05) is 12.1 Å². The van der Waals surface area contributed by atoms with Gasteiger partial charge in [0.15, 0.2) is 0 Å². The second kappa shape index (κ2) is 5.40. The van der Waals surface area contributed by atoms with E-state index in [0.29, 0.717) is 12.2 Å². The number of carbonyl (C=O) groups is 1. The fraction of sp³-hybridized carbons (Fsp3) is 0.214. The van der Waals surface area contributed by atoms with Crippen LogP contribution in [0.25, 0.3) is 0 Å². The number of hydrogen-bond donors (Lipinski definition) is 0. The minimum Gasteiger partial charge on any atom is -0.497 e. The lowest BCUT2D eigenvalue weighted by atomic mass is 10.2. The summed E-state index contributed by atoms with van der Waals surface area (Å²) in [6.45, 7) is 0.626. The monoisotopic (exact) mass is 245 g/mol. The SMILES string of the molecule is COC(=O)c1cccn1Cc1ccc(OC)cc1. The van der Waals surface area contributed by atoms with Crippen LogP contribution in [0, 0.1) is 0 Å². The third-order valence-corrected chi connectivity index (χ3v) is 2.74. The number of aromatic nitrogens is 1. The number of rotatable bonds is 4. The van der Waals surface area contributed by atoms with Crippen LogP contribution in [-0.2, 0) is 11.3 Å². The highest BCUT2D eigenvalue weighted by atomic mass is 16.5. The molecule has 0 aliphatic carbocycles. The molecule has 1 aromatic carbocycles. The summed E-state index contributed by atoms with van der Waals surface area (Å²) in [4.78, 5) is 11.5. The Morgan fingerprint density at radius 2 is 1.89 bits per heavy atom. The molecule has 18 heavy (non-hydrogen) atoms. The Morgan fingerprint density at radius 3 is 2.50 bits per heavy atom. The lowest BCUT2D eigenvalue weighted by Gasteiger charge is -2.08. The largest absolute Gasteiger partial charge is 0.497 e. The first-order valence-electron chi connectivity index (χ1n) is 5.61. The van der Waals surface area contributed by atoms with Crippen LogP contribution in [0.5, 0.6) is 5.75 Å². The van der Waals surface area contributed by atoms with Crippen LogP contribution in [0.4, 0.5) is 0 Å². The highest BCUT2D eigenvalue weighted by Gasteiger charge is 2.10. The topological polar surface area (TPSA) is 40.5 Å². The van der Waals surface area contributed by atoms with Crippen molar-refractivity contribution in [3.05, 3.63) is 53.9 Å². The number of nitrogens with zero attached hydrogens (tertiary/aromatic N) is 1. The molecule has 4 heteroatoms. The second-order valence-corrected chi connectivity index (χ2v) is 3.86. The molecule has 0 saturated heterocycles. The number of carbonyl (C=O) groups excluding carboxylic acids is 1. The summed E-state index contributed by atoms with van der Waals surface area (Å²) in [6.07, 6.45) is 1.86. The maximum Gasteiger partial charge on any atom is 0.354 e. The first-order valence-corrected chi connectivity index (χ1v) is 5.61. The molecule has 0 N–H and O–H groups in total. The van der Waals surface area contributed by atoms with Crippen LogP contribution in [0.3, 0.4) is 0 Å². The summed E-state index contributed by atoms with van der Waals surface area (Å²) in [5.74, 6) is 0.493. The fourth-order valence-corrected chi connectivity index (χ4v) is 1.77. The average Bonchev–Trinajstić information content (AvgIpc) is 2.87. The number of esters is 1. The Morgan fingerprint density at radius 1 is 1.17 bits per heavy atom. The van der Waals surface area contributed by atoms with Gasteiger partial charge in [-0.15, -0.1) is 0 Å². The first kappa shape index (κ1) is 12.2. The van der Waals surface area contributed by atoms with E-state index in [4.69, 9.17) is 9.47 Å². The zero-order chi connectivity index (χ0) is 13.0. The highest BCUT2D eigenvalue weighted by Crippen LogP contribution is 2.14. The van der Waals surface area contributed by atoms with Crippen molar-refractivity contribution < 1.29 is 14.3 Å². The molecule has 0 unspecified atom stereocenters. The van der Waals surface area contributed by atoms with Gasteiger partial charge in [0.25, 0.3) is 0 Å². The Bertz CT molecular complexity index is 528. The van der Waals surface area contributed by atoms with Gasteiger partial charge in [0.1, 0.15) is 11.4 Å². The van der Waals surface area contributed by atoms with Crippen molar-refractivity contribution in [1.82, 2.24) is 4.57 Å². The van der Waals surface area contributed by atoms with Crippen molar-refractivity contribution in [2.24, 2.45) is 0 Å². The third-order valence-electron chi connectivity index (χ3n) is 2.74. The van der Waals surface area contributed by atoms with Gasteiger partial charge >= 0.3 is 5.97 Å². The van der Waals surface area contributed by atoms with Crippen LogP contribution in [0.15, 0.2) is 42.6 Å². The third kappa shape index (κ3) is 2.53. The van der Waals surface area contributed by atoms with E-state index < -0.39 is 0 Å². The quantitative estimate of drug-likeness (QED) is 0.776. The normalized spacial score (nSPS) is 10.1. The van der Waals surface area contributed by atoms with Crippen LogP contribution >= 0.6 is 0 Å². The molecule has 0 bridgehead atoms. The molecule has 0 amide bonds. The average molecular weight is 245 g/mol. The Labute approximate surface area is 106 Å². The van der Waals surface area contributed by atoms with E-state index in [9.17, 15) is 4.79 Å². The maximum absolute atomic E-state index is 11.5. The van der Waals surface area contributed by atoms with E-state index in [1.807, 2.05) is 41.1 Å². The molecule has 0 radical (unpaired) electrons. The molecule has 1 aromatic heterocycles. The van der Waals surface area contributed by atoms with Crippen molar-refractivity contribution in [1.29, 1.82) is 0 Å². The minimum atomic E-state index is -0.325. The molecular weight excluding hydrogens is 230 g/mol. The molecule has 2 rings (SSSR count). The molecular formula is C14H15NO3. The Kier molecular flexibility index (Phi) is 3.67. The van der Waals surface area contributed by atoms with Crippen molar-refractivity contribution in [2.75, 3.05) is 14.2 Å². The van der Waals surface area contributed by atoms with Crippen molar-refractivity contribution in [3.8, 4) is 5.75 Å². The van der Waals surface area contributed by atoms with Gasteiger partial charge in [-0.05, 0) is 29.8 Å². The van der Waals surface area contributed by atoms with Gasteiger partial charge in [0, 0.05) is 12.7 Å². The first-order chi connectivity index (χ1) is 8.74. The van der Waals surface area contributed by atoms with Crippen molar-refractivity contribution in [2.45, 2.75) is 6.54 Å². The summed E-state index contributed by atoms with van der Waals surface area (Å²) in [7, 11) is 3.02. The minimum absolute atomic E-state index is 0.325. The van der Waals surface area contributed by atoms with E-state index >= 15 is 0 Å². The molecule has 4 nitrogen and oxygen atoms in total. The van der Waals surface area contributed by atoms with Crippen LogP contribution in [-0.4, -0.2) is 24.8 Å². The Hall–Kier alpha value is -2.23. The van der Waals surface area contributed by atoms with Gasteiger partial charge in [-0.25, -0.2) is 4.79 Å². The second-order valence-electron chi connectivity index (χ2n) is 3.86. The molecule has 94 valence electrons. The Balaban J connectivity index is 2.18. The fourth-order valence-electron chi connectivity index (χ4n) is 1.77. The van der Waals surface area contributed by atoms with E-state index in [-0.39, 0.29) is 5.97 Å². The van der Waals surface area contributed by atoms with E-state index in [1.54, 1.807) is 13.2 Å². The summed E-state index contributed by atoms with van der Waals surface area (Å²) in [5, 5.41) is 0. The maximum atomic E-state index is 11.5. The summed E-state index contributed by atoms with van der Waals surface area (Å²) < 4.78 is 11.7. The summed E-state index contributed by atoms with van der Waals surface area (Å²) in [5.41, 5.74) is 1.64. The van der Waals surface area contributed by atoms with Gasteiger partial charge in [-0.2, -0.15) is 0 Å². The number of methoxy groups -OCH3 is 2. The molecule has 0 saturated carbocycles. The molecule has 0 aliphatic rings. The number of hydrogen-bond acceptors (Lipinski definition) is 3. The zero-order valence-corrected chi connectivity index (χ0v) is 10.4. The number of ether oxygens (including phenoxy) is 2. The van der Waals surface area contributed by atoms with Crippen molar-refractivity contribution in [3.63, 3.8) is 0 Å². The predicted octanol–water partition coefficient (Wildman–Crippen LogP) is 2.33. The number of benzene rings is 1. The van der Waals surface area contributed by atoms with Crippen molar-refractivity contribution >= 4 is 5.97 Å². The molecule has 0 spiro atoms. The molecule has 0 fully saturated rings. The van der Waals surface area contributed by atoms with Crippen LogP contribution in [0.1, 0.15) is 16.1 Å². The van der Waals surface area contributed by atoms with E-state index in [2.05, 4.69) is 0 Å². The van der Waals surface area contributed by atoms with Gasteiger partial charge in [0.05, 0.1) is 14.2 Å². The predicted molar refractivity (Wildman–Crippen MR) is 67.9 cm³/mol. The lowest BCUT2D eigenvalue weighted by Crippen LogP contribution is -2.10. The van der Waals surface area contributed by atoms with Gasteiger partial charge in [0.2, 0.25) is 0 Å². The molecule has 2 aromatic rings. The lowest BCUT2D eigenvalue weighted by molar-refractivity contribution is 0.0589. The van der Waals surface area contributed by atoms with Gasteiger partial charge in [-0.3, -0.25) is 0 Å². The van der Waals surface area contributed by atoms with Crippen LogP contribution < -0.4 is 4.74 Å². The van der Waals surface area contributed by atoms with E-state index in [1.165, 1.54) is 7.11 Å². The van der Waals surface area contributed by atoms with Crippen LogP contribution in [0.2, 0.25) is 0 Å². The molecule has 1 heterocycles. The zero-order valence-electron chi connectivity index (χ0n) is 10.4. The molecule has 0 aliphatic heterocycles. The summed E-state index contributed by atoms with van der Waals surface area (Å²) >= 11 is 0. The highest BCUT2D eigenvalue weighted by molar-refractivity contribution is 5.87. The standard InChI is InChI=1S/C14H15NO3/c1-17-12-7-5-11(6-8-12)10-15-9-3-4-13(15)14(16)18-2/h3-9H,10H2,1-2H3. The van der Waals surface area contributed by atoms with Gasteiger partial charge < -0.3 is 14.0 Å². The smallest absolute Gasteiger partial charge is 0.354 e. The summed E-state index contributed by atoms with van der Waals surface area (Å²) in [6, 6.07) is 11.3. The van der Waals surface area contributed by atoms with E-state index in [0.717, 1.165) is 11.3 Å².